The molecule has 0 aliphatic carbocycles. The van der Waals surface area contributed by atoms with E-state index in [9.17, 15) is 0 Å². The Morgan fingerprint density at radius 3 is 2.00 bits per heavy atom. The predicted octanol–water partition coefficient (Wildman–Crippen LogP) is 13.0. The molecule has 0 N–H and O–H groups in total. The first-order valence-corrected chi connectivity index (χ1v) is 16.7. The molecular formula is C46H30N2O. The summed E-state index contributed by atoms with van der Waals surface area (Å²) < 4.78 is 8.64. The van der Waals surface area contributed by atoms with Crippen LogP contribution in [0.4, 0.5) is 17.1 Å². The highest BCUT2D eigenvalue weighted by Gasteiger charge is 2.23. The minimum Gasteiger partial charge on any atom is -0.456 e. The summed E-state index contributed by atoms with van der Waals surface area (Å²) in [6, 6.07) is 65.0. The number of fused-ring (bicyclic) bond motifs is 8. The van der Waals surface area contributed by atoms with Gasteiger partial charge in [-0.3, -0.25) is 0 Å². The highest BCUT2D eigenvalue weighted by Crippen LogP contribution is 2.47. The van der Waals surface area contributed by atoms with Gasteiger partial charge in [0.05, 0.1) is 22.4 Å². The second kappa shape index (κ2) is 11.0. The van der Waals surface area contributed by atoms with Gasteiger partial charge in [0.1, 0.15) is 11.2 Å². The molecule has 2 heterocycles. The van der Waals surface area contributed by atoms with E-state index in [2.05, 4.69) is 179 Å². The molecule has 0 bridgehead atoms. The number of hydrogen-bond donors (Lipinski definition) is 0. The van der Waals surface area contributed by atoms with Gasteiger partial charge in [0.15, 0.2) is 0 Å². The monoisotopic (exact) mass is 626 g/mol. The Morgan fingerprint density at radius 2 is 1.12 bits per heavy atom. The molecule has 0 amide bonds. The van der Waals surface area contributed by atoms with Crippen LogP contribution in [0.5, 0.6) is 0 Å². The van der Waals surface area contributed by atoms with Crippen molar-refractivity contribution in [1.29, 1.82) is 0 Å². The Bertz CT molecular complexity index is 2830. The zero-order chi connectivity index (χ0) is 32.3. The third-order valence-corrected chi connectivity index (χ3v) is 9.76. The average Bonchev–Trinajstić information content (AvgIpc) is 3.72. The van der Waals surface area contributed by atoms with Crippen molar-refractivity contribution in [2.45, 2.75) is 0 Å². The second-order valence-electron chi connectivity index (χ2n) is 12.5. The molecule has 3 heteroatoms. The molecule has 230 valence electrons. The van der Waals surface area contributed by atoms with Gasteiger partial charge in [0, 0.05) is 38.5 Å². The highest BCUT2D eigenvalue weighted by atomic mass is 16.3. The lowest BCUT2D eigenvalue weighted by Crippen LogP contribution is -2.11. The fourth-order valence-corrected chi connectivity index (χ4v) is 7.66. The van der Waals surface area contributed by atoms with Gasteiger partial charge in [-0.2, -0.15) is 0 Å². The number of furan rings is 1. The van der Waals surface area contributed by atoms with Gasteiger partial charge in [-0.05, 0) is 77.0 Å². The Morgan fingerprint density at radius 1 is 0.429 bits per heavy atom. The van der Waals surface area contributed by atoms with Crippen LogP contribution in [0.3, 0.4) is 0 Å². The number of para-hydroxylation sites is 4. The lowest BCUT2D eigenvalue weighted by atomic mass is 9.99. The summed E-state index contributed by atoms with van der Waals surface area (Å²) in [6.07, 6.45) is 0. The van der Waals surface area contributed by atoms with E-state index in [1.165, 1.54) is 38.3 Å². The van der Waals surface area contributed by atoms with E-state index in [1.54, 1.807) is 0 Å². The number of anilines is 3. The van der Waals surface area contributed by atoms with Crippen LogP contribution in [0, 0.1) is 0 Å². The van der Waals surface area contributed by atoms with E-state index in [0.29, 0.717) is 0 Å². The van der Waals surface area contributed by atoms with Crippen LogP contribution in [0.25, 0.3) is 71.3 Å². The van der Waals surface area contributed by atoms with Gasteiger partial charge in [-0.1, -0.05) is 121 Å². The molecule has 0 aliphatic rings. The third-order valence-electron chi connectivity index (χ3n) is 9.76. The van der Waals surface area contributed by atoms with Crippen molar-refractivity contribution in [3.63, 3.8) is 0 Å². The number of benzene rings is 8. The van der Waals surface area contributed by atoms with Crippen molar-refractivity contribution in [2.75, 3.05) is 4.90 Å². The van der Waals surface area contributed by atoms with Gasteiger partial charge in [-0.15, -0.1) is 0 Å². The number of rotatable bonds is 5. The number of hydrogen-bond acceptors (Lipinski definition) is 2. The van der Waals surface area contributed by atoms with E-state index < -0.39 is 0 Å². The van der Waals surface area contributed by atoms with Gasteiger partial charge in [-0.25, -0.2) is 0 Å². The van der Waals surface area contributed by atoms with Gasteiger partial charge in [0.2, 0.25) is 0 Å². The Balaban J connectivity index is 1.29. The largest absolute Gasteiger partial charge is 0.456 e. The summed E-state index contributed by atoms with van der Waals surface area (Å²) in [6.45, 7) is 0. The standard InChI is InChI=1S/C46H30N2O/c1-3-14-31(15-4-1)35-18-7-10-21-39(35)48(34-27-28-36-32(30-34)26-29-44-45(36)38-20-9-12-25-43(38)49-44)42-24-13-23-41-46(42)37-19-8-11-22-40(37)47(41)33-16-5-2-6-17-33/h1-30H. The topological polar surface area (TPSA) is 21.3 Å². The average molecular weight is 627 g/mol. The zero-order valence-electron chi connectivity index (χ0n) is 26.6. The summed E-state index contributed by atoms with van der Waals surface area (Å²) in [5, 5.41) is 7.07. The van der Waals surface area contributed by atoms with Crippen molar-refractivity contribution in [3.8, 4) is 16.8 Å². The van der Waals surface area contributed by atoms with Crippen LogP contribution in [0.2, 0.25) is 0 Å². The molecule has 10 rings (SSSR count). The first-order valence-electron chi connectivity index (χ1n) is 16.7. The molecule has 0 atom stereocenters. The maximum Gasteiger partial charge on any atom is 0.136 e. The number of aromatic nitrogens is 1. The molecule has 0 unspecified atom stereocenters. The van der Waals surface area contributed by atoms with Crippen molar-refractivity contribution in [3.05, 3.63) is 182 Å². The molecule has 8 aromatic carbocycles. The normalized spacial score (nSPS) is 11.7. The van der Waals surface area contributed by atoms with Crippen LogP contribution in [0.1, 0.15) is 0 Å². The molecule has 49 heavy (non-hydrogen) atoms. The highest BCUT2D eigenvalue weighted by molar-refractivity contribution is 6.20. The molecule has 3 nitrogen and oxygen atoms in total. The van der Waals surface area contributed by atoms with E-state index >= 15 is 0 Å². The minimum absolute atomic E-state index is 0.909. The molecule has 0 saturated heterocycles. The Labute approximate surface area is 283 Å². The smallest absolute Gasteiger partial charge is 0.136 e. The van der Waals surface area contributed by atoms with E-state index in [-0.39, 0.29) is 0 Å². The van der Waals surface area contributed by atoms with E-state index in [4.69, 9.17) is 4.42 Å². The summed E-state index contributed by atoms with van der Waals surface area (Å²) in [7, 11) is 0. The summed E-state index contributed by atoms with van der Waals surface area (Å²) in [5.74, 6) is 0. The fourth-order valence-electron chi connectivity index (χ4n) is 7.66. The molecule has 0 radical (unpaired) electrons. The van der Waals surface area contributed by atoms with Crippen molar-refractivity contribution >= 4 is 71.6 Å². The molecule has 0 fully saturated rings. The zero-order valence-corrected chi connectivity index (χ0v) is 26.6. The summed E-state index contributed by atoms with van der Waals surface area (Å²) >= 11 is 0. The van der Waals surface area contributed by atoms with Crippen molar-refractivity contribution in [1.82, 2.24) is 4.57 Å². The predicted molar refractivity (Wildman–Crippen MR) is 206 cm³/mol. The molecular weight excluding hydrogens is 597 g/mol. The van der Waals surface area contributed by atoms with Crippen molar-refractivity contribution in [2.24, 2.45) is 0 Å². The second-order valence-corrected chi connectivity index (χ2v) is 12.5. The maximum atomic E-state index is 6.26. The van der Waals surface area contributed by atoms with Crippen LogP contribution >= 0.6 is 0 Å². The van der Waals surface area contributed by atoms with E-state index in [0.717, 1.165) is 50.1 Å². The third kappa shape index (κ3) is 4.29. The molecule has 0 saturated carbocycles. The maximum absolute atomic E-state index is 6.26. The minimum atomic E-state index is 0.909. The molecule has 0 spiro atoms. The fraction of sp³-hybridized carbons (Fsp3) is 0. The molecule has 0 aliphatic heterocycles. The molecule has 10 aromatic rings. The van der Waals surface area contributed by atoms with Crippen LogP contribution in [0.15, 0.2) is 186 Å². The Kier molecular flexibility index (Phi) is 6.18. The Hall–Kier alpha value is -6.58. The first kappa shape index (κ1) is 27.5. The van der Waals surface area contributed by atoms with Crippen LogP contribution in [-0.4, -0.2) is 4.57 Å². The first-order chi connectivity index (χ1) is 24.3. The number of nitrogens with zero attached hydrogens (tertiary/aromatic N) is 2. The summed E-state index contributed by atoms with van der Waals surface area (Å²) in [5.41, 5.74) is 11.0. The lowest BCUT2D eigenvalue weighted by molar-refractivity contribution is 0.669. The van der Waals surface area contributed by atoms with E-state index in [1.807, 2.05) is 12.1 Å². The van der Waals surface area contributed by atoms with Crippen molar-refractivity contribution < 1.29 is 4.42 Å². The lowest BCUT2D eigenvalue weighted by Gasteiger charge is -2.29. The van der Waals surface area contributed by atoms with Gasteiger partial charge < -0.3 is 13.9 Å². The van der Waals surface area contributed by atoms with Crippen LogP contribution in [-0.2, 0) is 0 Å². The van der Waals surface area contributed by atoms with Crippen LogP contribution < -0.4 is 4.90 Å². The van der Waals surface area contributed by atoms with Gasteiger partial charge >= 0.3 is 0 Å². The quantitative estimate of drug-likeness (QED) is 0.190. The van der Waals surface area contributed by atoms with Gasteiger partial charge in [0.25, 0.3) is 0 Å². The summed E-state index contributed by atoms with van der Waals surface area (Å²) in [4.78, 5) is 2.45. The molecule has 2 aromatic heterocycles. The SMILES string of the molecule is c1ccc(-c2ccccc2N(c2ccc3c(ccc4oc5ccccc5c43)c2)c2cccc3c2c2ccccc2n3-c2ccccc2)cc1.